The summed E-state index contributed by atoms with van der Waals surface area (Å²) in [6, 6.07) is 5.52. The van der Waals surface area contributed by atoms with Crippen molar-refractivity contribution in [2.24, 2.45) is 5.92 Å². The second-order valence-corrected chi connectivity index (χ2v) is 5.72. The number of hydrogen-bond donors (Lipinski definition) is 2. The molecule has 2 N–H and O–H groups in total. The van der Waals surface area contributed by atoms with Crippen LogP contribution in [0.4, 0.5) is 0 Å². The Kier molecular flexibility index (Phi) is 4.50. The van der Waals surface area contributed by atoms with Gasteiger partial charge >= 0.3 is 0 Å². The van der Waals surface area contributed by atoms with Gasteiger partial charge in [0, 0.05) is 36.0 Å². The predicted molar refractivity (Wildman–Crippen MR) is 85.2 cm³/mol. The van der Waals surface area contributed by atoms with E-state index in [-0.39, 0.29) is 24.2 Å². The van der Waals surface area contributed by atoms with Crippen LogP contribution in [0.25, 0.3) is 11.0 Å². The van der Waals surface area contributed by atoms with Crippen LogP contribution in [-0.4, -0.2) is 32.0 Å². The summed E-state index contributed by atoms with van der Waals surface area (Å²) < 4.78 is 10.6. The van der Waals surface area contributed by atoms with Crippen LogP contribution in [0.5, 0.6) is 5.75 Å². The minimum atomic E-state index is -0.0933. The number of amides is 2. The number of rotatable bonds is 7. The summed E-state index contributed by atoms with van der Waals surface area (Å²) in [6.07, 6.45) is 3.81. The lowest BCUT2D eigenvalue weighted by Gasteiger charge is -2.06. The fourth-order valence-electron chi connectivity index (χ4n) is 2.44. The van der Waals surface area contributed by atoms with Gasteiger partial charge in [-0.3, -0.25) is 9.59 Å². The second-order valence-electron chi connectivity index (χ2n) is 5.72. The highest BCUT2D eigenvalue weighted by molar-refractivity contribution is 5.88. The van der Waals surface area contributed by atoms with Gasteiger partial charge in [0.05, 0.1) is 19.8 Å². The average molecular weight is 316 g/mol. The summed E-state index contributed by atoms with van der Waals surface area (Å²) in [5, 5.41) is 6.52. The van der Waals surface area contributed by atoms with Gasteiger partial charge in [-0.15, -0.1) is 0 Å². The number of hydrogen-bond acceptors (Lipinski definition) is 4. The SMILES string of the molecule is COc1ccc2c(CC(=O)NCCNC(=O)C3CC3)coc2c1. The molecule has 122 valence electrons. The molecule has 1 aliphatic carbocycles. The quantitative estimate of drug-likeness (QED) is 0.761. The number of furan rings is 1. The molecular weight excluding hydrogens is 296 g/mol. The smallest absolute Gasteiger partial charge is 0.224 e. The lowest BCUT2D eigenvalue weighted by atomic mass is 10.1. The third-order valence-electron chi connectivity index (χ3n) is 3.91. The molecular formula is C17H20N2O4. The zero-order valence-corrected chi connectivity index (χ0v) is 13.1. The van der Waals surface area contributed by atoms with E-state index in [0.717, 1.165) is 23.8 Å². The summed E-state index contributed by atoms with van der Waals surface area (Å²) in [7, 11) is 1.60. The van der Waals surface area contributed by atoms with Crippen LogP contribution >= 0.6 is 0 Å². The Bertz CT molecular complexity index is 718. The van der Waals surface area contributed by atoms with E-state index in [2.05, 4.69) is 10.6 Å². The fraction of sp³-hybridized carbons (Fsp3) is 0.412. The lowest BCUT2D eigenvalue weighted by molar-refractivity contribution is -0.123. The molecule has 0 unspecified atom stereocenters. The number of ether oxygens (including phenoxy) is 1. The Morgan fingerprint density at radius 3 is 2.78 bits per heavy atom. The molecule has 1 fully saturated rings. The number of benzene rings is 1. The first-order chi connectivity index (χ1) is 11.2. The van der Waals surface area contributed by atoms with E-state index in [1.54, 1.807) is 19.4 Å². The van der Waals surface area contributed by atoms with Crippen molar-refractivity contribution in [3.05, 3.63) is 30.0 Å². The zero-order valence-electron chi connectivity index (χ0n) is 13.1. The summed E-state index contributed by atoms with van der Waals surface area (Å²) in [6.45, 7) is 0.894. The Morgan fingerprint density at radius 1 is 1.26 bits per heavy atom. The van der Waals surface area contributed by atoms with Crippen LogP contribution in [-0.2, 0) is 16.0 Å². The molecule has 3 rings (SSSR count). The summed E-state index contributed by atoms with van der Waals surface area (Å²) in [5.74, 6) is 0.910. The first-order valence-electron chi connectivity index (χ1n) is 7.76. The monoisotopic (exact) mass is 316 g/mol. The maximum atomic E-state index is 12.0. The molecule has 6 nitrogen and oxygen atoms in total. The van der Waals surface area contributed by atoms with Gasteiger partial charge in [-0.05, 0) is 25.0 Å². The Labute approximate surface area is 134 Å². The van der Waals surface area contributed by atoms with Gasteiger partial charge in [0.15, 0.2) is 0 Å². The van der Waals surface area contributed by atoms with Gasteiger partial charge in [0.25, 0.3) is 0 Å². The van der Waals surface area contributed by atoms with Crippen LogP contribution in [0.3, 0.4) is 0 Å². The van der Waals surface area contributed by atoms with Gasteiger partial charge < -0.3 is 19.8 Å². The maximum absolute atomic E-state index is 12.0. The van der Waals surface area contributed by atoms with Gasteiger partial charge in [0.2, 0.25) is 11.8 Å². The van der Waals surface area contributed by atoms with Crippen molar-refractivity contribution in [2.45, 2.75) is 19.3 Å². The molecule has 1 aliphatic rings. The number of carbonyl (C=O) groups excluding carboxylic acids is 2. The summed E-state index contributed by atoms with van der Waals surface area (Å²) in [4.78, 5) is 23.4. The third kappa shape index (κ3) is 3.83. The highest BCUT2D eigenvalue weighted by Crippen LogP contribution is 2.28. The Hall–Kier alpha value is -2.50. The average Bonchev–Trinajstić information content (AvgIpc) is 3.34. The van der Waals surface area contributed by atoms with E-state index in [4.69, 9.17) is 9.15 Å². The Morgan fingerprint density at radius 2 is 2.04 bits per heavy atom. The molecule has 0 radical (unpaired) electrons. The largest absolute Gasteiger partial charge is 0.497 e. The molecule has 1 heterocycles. The van der Waals surface area contributed by atoms with Crippen LogP contribution < -0.4 is 15.4 Å². The maximum Gasteiger partial charge on any atom is 0.224 e. The summed E-state index contributed by atoms with van der Waals surface area (Å²) >= 11 is 0. The van der Waals surface area contributed by atoms with Crippen LogP contribution in [0, 0.1) is 5.92 Å². The molecule has 2 amide bonds. The van der Waals surface area contributed by atoms with E-state index in [1.807, 2.05) is 12.1 Å². The first kappa shape index (κ1) is 15.4. The Balaban J connectivity index is 1.48. The number of fused-ring (bicyclic) bond motifs is 1. The number of methoxy groups -OCH3 is 1. The number of nitrogens with one attached hydrogen (secondary N) is 2. The minimum Gasteiger partial charge on any atom is -0.497 e. The molecule has 0 aliphatic heterocycles. The lowest BCUT2D eigenvalue weighted by Crippen LogP contribution is -2.35. The van der Waals surface area contributed by atoms with Crippen molar-refractivity contribution in [2.75, 3.05) is 20.2 Å². The molecule has 0 atom stereocenters. The van der Waals surface area contributed by atoms with Crippen LogP contribution in [0.1, 0.15) is 18.4 Å². The van der Waals surface area contributed by atoms with Crippen LogP contribution in [0.2, 0.25) is 0 Å². The van der Waals surface area contributed by atoms with Gasteiger partial charge in [-0.1, -0.05) is 0 Å². The predicted octanol–water partition coefficient (Wildman–Crippen LogP) is 1.63. The fourth-order valence-corrected chi connectivity index (χ4v) is 2.44. The molecule has 1 aromatic heterocycles. The topological polar surface area (TPSA) is 80.6 Å². The van der Waals surface area contributed by atoms with E-state index >= 15 is 0 Å². The van der Waals surface area contributed by atoms with Crippen molar-refractivity contribution in [1.29, 1.82) is 0 Å². The summed E-state index contributed by atoms with van der Waals surface area (Å²) in [5.41, 5.74) is 1.53. The molecule has 2 aromatic rings. The molecule has 0 bridgehead atoms. The molecule has 0 spiro atoms. The highest BCUT2D eigenvalue weighted by atomic mass is 16.5. The first-order valence-corrected chi connectivity index (χ1v) is 7.76. The molecule has 23 heavy (non-hydrogen) atoms. The molecule has 1 aromatic carbocycles. The molecule has 6 heteroatoms. The van der Waals surface area contributed by atoms with Crippen molar-refractivity contribution in [3.8, 4) is 5.75 Å². The van der Waals surface area contributed by atoms with Gasteiger partial charge in [0.1, 0.15) is 11.3 Å². The van der Waals surface area contributed by atoms with Crippen molar-refractivity contribution >= 4 is 22.8 Å². The van der Waals surface area contributed by atoms with E-state index < -0.39 is 0 Å². The second kappa shape index (κ2) is 6.73. The van der Waals surface area contributed by atoms with E-state index in [1.165, 1.54) is 0 Å². The standard InChI is InChI=1S/C17H20N2O4/c1-22-13-4-5-14-12(10-23-15(14)9-13)8-16(20)18-6-7-19-17(21)11-2-3-11/h4-5,9-11H,2-3,6-8H2,1H3,(H,18,20)(H,19,21). The normalized spacial score (nSPS) is 13.8. The van der Waals surface area contributed by atoms with Gasteiger partial charge in [-0.2, -0.15) is 0 Å². The van der Waals surface area contributed by atoms with Crippen molar-refractivity contribution in [1.82, 2.24) is 10.6 Å². The minimum absolute atomic E-state index is 0.0917. The van der Waals surface area contributed by atoms with Crippen molar-refractivity contribution < 1.29 is 18.7 Å². The molecule has 1 saturated carbocycles. The highest BCUT2D eigenvalue weighted by Gasteiger charge is 2.28. The van der Waals surface area contributed by atoms with Crippen molar-refractivity contribution in [3.63, 3.8) is 0 Å². The van der Waals surface area contributed by atoms with Crippen LogP contribution in [0.15, 0.2) is 28.9 Å². The number of carbonyl (C=O) groups is 2. The zero-order chi connectivity index (χ0) is 16.2. The van der Waals surface area contributed by atoms with E-state index in [0.29, 0.717) is 24.4 Å². The van der Waals surface area contributed by atoms with E-state index in [9.17, 15) is 9.59 Å². The third-order valence-corrected chi connectivity index (χ3v) is 3.91. The molecule has 0 saturated heterocycles. The van der Waals surface area contributed by atoms with Gasteiger partial charge in [-0.25, -0.2) is 0 Å².